The van der Waals surface area contributed by atoms with E-state index in [1.807, 2.05) is 137 Å². The molecular formula is C90H92Cl2F14O3. The lowest BCUT2D eigenvalue weighted by atomic mass is 10.1. The number of para-hydroxylation sites is 1. The lowest BCUT2D eigenvalue weighted by Crippen LogP contribution is -2.16. The maximum Gasteiger partial charge on any atom is 0.573 e. The lowest BCUT2D eigenvalue weighted by molar-refractivity contribution is -0.274. The van der Waals surface area contributed by atoms with Gasteiger partial charge in [-0.05, 0) is 221 Å². The molecule has 0 spiro atoms. The summed E-state index contributed by atoms with van der Waals surface area (Å²) in [5.74, 6) is 0.210. The average Bonchev–Trinajstić information content (AvgIpc) is 0.872. The molecule has 582 valence electrons. The van der Waals surface area contributed by atoms with Crippen molar-refractivity contribution in [1.82, 2.24) is 0 Å². The highest BCUT2D eigenvalue weighted by Gasteiger charge is 2.32. The Morgan fingerprint density at radius 2 is 0.606 bits per heavy atom. The highest BCUT2D eigenvalue weighted by molar-refractivity contribution is 6.31. The quantitative estimate of drug-likeness (QED) is 0.165. The van der Waals surface area contributed by atoms with Gasteiger partial charge in [0.25, 0.3) is 0 Å². The van der Waals surface area contributed by atoms with E-state index < -0.39 is 41.5 Å². The summed E-state index contributed by atoms with van der Waals surface area (Å²) in [5, 5.41) is 1.64. The average molecular weight is 1560 g/mol. The van der Waals surface area contributed by atoms with E-state index in [2.05, 4.69) is 49.8 Å². The number of halogens is 16. The molecule has 0 bridgehead atoms. The Balaban J connectivity index is 0.000000596. The van der Waals surface area contributed by atoms with Crippen LogP contribution in [0.5, 0.6) is 17.2 Å². The standard InChI is InChI=1S/C8H7F3O.2C8H7F3.2C8H10O.C8H10.2C7H7Cl.C7H6F2.3C7H7F/c1-6-2-4-7(5-3-6)12-8(9,10)11;1-6-2-4-7(5-3-6)8(9,10)11;1-6-3-2-4-7(5-6)8(9,10)11;1-7-3-5-8(9-2)6-4-7;1-7-5-3-4-6-8(7)9-2;1-7-4-3-5-8(2)6-7;1-6-2-4-7(8)5-3-6;1-6-4-2-3-5-7(6)8;1-5-2-6(8)4-7(9)3-5;1-6-2-4-7(8)5-3-6;2*1-6-4-2-3-5-7(6)8/h2-5H,1H3;2*2-5H,1H3;2*3-6H,1-2H3;3-6H,1-2H3;2*2-5H,1H3;2-4H,1H3;3*2-5H,1H3. The Bertz CT molecular complexity index is 4110. The summed E-state index contributed by atoms with van der Waals surface area (Å²) < 4.78 is 181. The Labute approximate surface area is 643 Å². The minimum Gasteiger partial charge on any atom is -0.497 e. The van der Waals surface area contributed by atoms with Gasteiger partial charge in [-0.1, -0.05) is 244 Å². The molecule has 19 heteroatoms. The van der Waals surface area contributed by atoms with Crippen molar-refractivity contribution in [1.29, 1.82) is 0 Å². The fourth-order valence-corrected chi connectivity index (χ4v) is 8.24. The molecule has 0 aliphatic carbocycles. The highest BCUT2D eigenvalue weighted by atomic mass is 35.5. The maximum absolute atomic E-state index is 12.3. The van der Waals surface area contributed by atoms with Crippen LogP contribution in [-0.2, 0) is 12.4 Å². The Morgan fingerprint density at radius 3 is 0.881 bits per heavy atom. The molecule has 0 amide bonds. The molecule has 0 N–H and O–H groups in total. The minimum atomic E-state index is -4.60. The second kappa shape index (κ2) is 51.8. The van der Waals surface area contributed by atoms with Crippen molar-refractivity contribution in [3.8, 4) is 17.2 Å². The van der Waals surface area contributed by atoms with Crippen molar-refractivity contribution in [2.75, 3.05) is 14.2 Å². The third-order valence-electron chi connectivity index (χ3n) is 14.0. The first-order chi connectivity index (χ1) is 51.1. The van der Waals surface area contributed by atoms with Crippen LogP contribution < -0.4 is 14.2 Å². The number of ether oxygens (including phenoxy) is 3. The van der Waals surface area contributed by atoms with Crippen LogP contribution >= 0.6 is 23.2 Å². The molecule has 0 aliphatic heterocycles. The van der Waals surface area contributed by atoms with Gasteiger partial charge in [-0.25, -0.2) is 22.0 Å². The summed E-state index contributed by atoms with van der Waals surface area (Å²) >= 11 is 11.3. The van der Waals surface area contributed by atoms with E-state index in [0.29, 0.717) is 22.3 Å². The van der Waals surface area contributed by atoms with Gasteiger partial charge in [0.15, 0.2) is 0 Å². The molecule has 3 nitrogen and oxygen atoms in total. The summed E-state index contributed by atoms with van der Waals surface area (Å²) in [6.07, 6.45) is -13.0. The molecule has 0 unspecified atom stereocenters. The highest BCUT2D eigenvalue weighted by Crippen LogP contribution is 2.30. The van der Waals surface area contributed by atoms with Gasteiger partial charge in [-0.15, -0.1) is 13.2 Å². The normalized spacial score (nSPS) is 9.97. The van der Waals surface area contributed by atoms with Gasteiger partial charge in [0, 0.05) is 16.1 Å². The number of hydrogen-bond acceptors (Lipinski definition) is 3. The number of rotatable bonds is 3. The van der Waals surface area contributed by atoms with E-state index in [1.54, 1.807) is 110 Å². The van der Waals surface area contributed by atoms with Crippen molar-refractivity contribution in [3.63, 3.8) is 0 Å². The van der Waals surface area contributed by atoms with Crippen LogP contribution in [0.4, 0.5) is 61.5 Å². The molecule has 0 saturated heterocycles. The maximum atomic E-state index is 12.3. The van der Waals surface area contributed by atoms with Crippen LogP contribution in [0.2, 0.25) is 10.0 Å². The predicted octanol–water partition coefficient (Wildman–Crippen LogP) is 29.2. The molecule has 0 atom stereocenters. The first-order valence-corrected chi connectivity index (χ1v) is 34.2. The lowest BCUT2D eigenvalue weighted by Gasteiger charge is -2.08. The summed E-state index contributed by atoms with van der Waals surface area (Å²) in [4.78, 5) is 0. The number of aryl methyl sites for hydroxylation is 13. The van der Waals surface area contributed by atoms with E-state index in [1.165, 1.54) is 94.5 Å². The molecule has 109 heavy (non-hydrogen) atoms. The van der Waals surface area contributed by atoms with Crippen LogP contribution in [0.3, 0.4) is 0 Å². The van der Waals surface area contributed by atoms with E-state index >= 15 is 0 Å². The van der Waals surface area contributed by atoms with Gasteiger partial charge < -0.3 is 14.2 Å². The molecule has 0 radical (unpaired) electrons. The third kappa shape index (κ3) is 47.8. The van der Waals surface area contributed by atoms with E-state index in [-0.39, 0.29) is 23.2 Å². The molecule has 12 rings (SSSR count). The SMILES string of the molecule is COc1ccc(C)cc1.COc1ccccc1C.Cc1cc(F)cc(F)c1.Cc1ccc(C(F)(F)F)cc1.Cc1ccc(Cl)cc1.Cc1ccc(F)cc1.Cc1ccc(OC(F)(F)F)cc1.Cc1cccc(C(F)(F)F)c1.Cc1cccc(C)c1.Cc1ccccc1Cl.Cc1ccccc1F.Cc1ccccc1F. The molecule has 0 aromatic heterocycles. The summed E-state index contributed by atoms with van der Waals surface area (Å²) in [6.45, 7) is 24.6. The fourth-order valence-electron chi connectivity index (χ4n) is 7.98. The van der Waals surface area contributed by atoms with Crippen LogP contribution in [0, 0.1) is 119 Å². The molecule has 12 aromatic rings. The van der Waals surface area contributed by atoms with Crippen LogP contribution in [-0.4, -0.2) is 20.6 Å². The summed E-state index contributed by atoms with van der Waals surface area (Å²) in [6, 6.07) is 79.0. The summed E-state index contributed by atoms with van der Waals surface area (Å²) in [5.41, 5.74) is 11.8. The molecule has 0 aliphatic rings. The van der Waals surface area contributed by atoms with E-state index in [0.717, 1.165) is 74.1 Å². The van der Waals surface area contributed by atoms with Gasteiger partial charge >= 0.3 is 18.7 Å². The van der Waals surface area contributed by atoms with Crippen LogP contribution in [0.1, 0.15) is 83.5 Å². The second-order valence-electron chi connectivity index (χ2n) is 24.0. The number of benzene rings is 12. The van der Waals surface area contributed by atoms with Crippen molar-refractivity contribution >= 4 is 23.2 Å². The molecule has 0 heterocycles. The van der Waals surface area contributed by atoms with Gasteiger partial charge in [-0.2, -0.15) is 26.3 Å². The topological polar surface area (TPSA) is 27.7 Å². The van der Waals surface area contributed by atoms with Crippen molar-refractivity contribution in [2.45, 2.75) is 109 Å². The first-order valence-electron chi connectivity index (χ1n) is 33.4. The van der Waals surface area contributed by atoms with Gasteiger partial charge in [-0.3, -0.25) is 0 Å². The Kier molecular flexibility index (Phi) is 46.0. The molecule has 12 aromatic carbocycles. The monoisotopic (exact) mass is 1560 g/mol. The van der Waals surface area contributed by atoms with Crippen molar-refractivity contribution in [3.05, 3.63) is 408 Å². The van der Waals surface area contributed by atoms with Gasteiger partial charge in [0.2, 0.25) is 0 Å². The van der Waals surface area contributed by atoms with E-state index in [4.69, 9.17) is 32.7 Å². The zero-order valence-electron chi connectivity index (χ0n) is 63.4. The Morgan fingerprint density at radius 1 is 0.257 bits per heavy atom. The fraction of sp³-hybridized carbons (Fsp3) is 0.200. The van der Waals surface area contributed by atoms with Crippen LogP contribution in [0.25, 0.3) is 0 Å². The number of hydrogen-bond donors (Lipinski definition) is 0. The second-order valence-corrected chi connectivity index (χ2v) is 24.9. The largest absolute Gasteiger partial charge is 0.573 e. The van der Waals surface area contributed by atoms with Crippen LogP contribution in [0.15, 0.2) is 285 Å². The zero-order valence-corrected chi connectivity index (χ0v) is 64.9. The third-order valence-corrected chi connectivity index (χ3v) is 14.7. The number of alkyl halides is 9. The molecule has 0 saturated carbocycles. The first kappa shape index (κ1) is 96.7. The Hall–Kier alpha value is -10.4. The summed E-state index contributed by atoms with van der Waals surface area (Å²) in [7, 11) is 3.35. The van der Waals surface area contributed by atoms with Gasteiger partial charge in [0.05, 0.1) is 25.3 Å². The number of methoxy groups -OCH3 is 2. The van der Waals surface area contributed by atoms with Crippen molar-refractivity contribution < 1.29 is 75.7 Å². The minimum absolute atomic E-state index is 0.132. The van der Waals surface area contributed by atoms with Crippen molar-refractivity contribution in [2.24, 2.45) is 0 Å². The molecule has 0 fully saturated rings. The predicted molar refractivity (Wildman–Crippen MR) is 418 cm³/mol. The van der Waals surface area contributed by atoms with E-state index in [9.17, 15) is 61.5 Å². The zero-order chi connectivity index (χ0) is 82.3. The van der Waals surface area contributed by atoms with Gasteiger partial charge in [0.1, 0.15) is 46.3 Å². The molecular weight excluding hydrogens is 1470 g/mol. The smallest absolute Gasteiger partial charge is 0.497 e.